The fourth-order valence-corrected chi connectivity index (χ4v) is 5.77. The number of carbonyl (C=O) groups is 1. The summed E-state index contributed by atoms with van der Waals surface area (Å²) in [6.45, 7) is 27.3. The Kier molecular flexibility index (Phi) is 12.2. The SMILES string of the molecule is CC(C)(C)C(=O)/C=C(\O)C(C)(C)C.CC(C)c1[c-]c(-c2nccc3c2ccc2ccc([Si](C)(C)C)cc23)cc(C(C)C)c1.[Ir]. The van der Waals surface area contributed by atoms with E-state index in [1.807, 2.05) is 47.7 Å². The maximum absolute atomic E-state index is 11.5. The molecule has 44 heavy (non-hydrogen) atoms. The fourth-order valence-electron chi connectivity index (χ4n) is 4.61. The van der Waals surface area contributed by atoms with Gasteiger partial charge in [-0.3, -0.25) is 4.79 Å². The van der Waals surface area contributed by atoms with Crippen LogP contribution < -0.4 is 5.19 Å². The number of carbonyl (C=O) groups excluding carboxylic acids is 1. The van der Waals surface area contributed by atoms with E-state index >= 15 is 0 Å². The van der Waals surface area contributed by atoms with Gasteiger partial charge in [-0.1, -0.05) is 124 Å². The molecule has 0 saturated heterocycles. The molecule has 0 fully saturated rings. The van der Waals surface area contributed by atoms with Crippen LogP contribution in [-0.4, -0.2) is 23.9 Å². The van der Waals surface area contributed by atoms with E-state index in [-0.39, 0.29) is 37.1 Å². The Bertz CT molecular complexity index is 1620. The predicted molar refractivity (Wildman–Crippen MR) is 189 cm³/mol. The average molecular weight is 787 g/mol. The molecule has 1 N–H and O–H groups in total. The number of nitrogens with zero attached hydrogens (tertiary/aromatic N) is 1. The van der Waals surface area contributed by atoms with Gasteiger partial charge in [-0.05, 0) is 45.1 Å². The molecule has 0 aliphatic carbocycles. The maximum atomic E-state index is 11.5. The summed E-state index contributed by atoms with van der Waals surface area (Å²) in [5.74, 6) is 1.02. The maximum Gasteiger partial charge on any atom is 0.164 e. The van der Waals surface area contributed by atoms with Crippen LogP contribution >= 0.6 is 0 Å². The number of aliphatic hydroxyl groups excluding tert-OH is 1. The number of ketones is 1. The van der Waals surface area contributed by atoms with Crippen LogP contribution in [0.15, 0.2) is 66.6 Å². The van der Waals surface area contributed by atoms with E-state index in [1.165, 1.54) is 43.9 Å². The third-order valence-electron chi connectivity index (χ3n) is 7.86. The number of rotatable bonds is 5. The average Bonchev–Trinajstić information content (AvgIpc) is 2.90. The number of fused-ring (bicyclic) bond motifs is 3. The molecule has 0 atom stereocenters. The summed E-state index contributed by atoms with van der Waals surface area (Å²) < 4.78 is 0. The number of pyridine rings is 1. The molecule has 0 bridgehead atoms. The predicted octanol–water partition coefficient (Wildman–Crippen LogP) is 10.7. The summed E-state index contributed by atoms with van der Waals surface area (Å²) in [5.41, 5.74) is 4.00. The molecule has 0 spiro atoms. The molecule has 1 aromatic heterocycles. The second-order valence-corrected chi connectivity index (χ2v) is 20.6. The van der Waals surface area contributed by atoms with Crippen molar-refractivity contribution in [2.75, 3.05) is 0 Å². The minimum Gasteiger partial charge on any atom is -0.512 e. The third kappa shape index (κ3) is 9.22. The quantitative estimate of drug-likeness (QED) is 0.0721. The van der Waals surface area contributed by atoms with E-state index in [2.05, 4.69) is 102 Å². The van der Waals surface area contributed by atoms with Crippen molar-refractivity contribution in [2.24, 2.45) is 10.8 Å². The van der Waals surface area contributed by atoms with Crippen molar-refractivity contribution in [3.05, 3.63) is 83.8 Å². The number of hydrogen-bond donors (Lipinski definition) is 1. The van der Waals surface area contributed by atoms with Crippen molar-refractivity contribution in [1.29, 1.82) is 0 Å². The van der Waals surface area contributed by atoms with Gasteiger partial charge < -0.3 is 10.1 Å². The molecule has 1 heterocycles. The molecule has 0 unspecified atom stereocenters. The van der Waals surface area contributed by atoms with Crippen LogP contribution in [0.5, 0.6) is 0 Å². The van der Waals surface area contributed by atoms with Crippen molar-refractivity contribution < 1.29 is 30.0 Å². The Morgan fingerprint density at radius 3 is 1.95 bits per heavy atom. The molecule has 4 aromatic rings. The molecule has 4 rings (SSSR count). The van der Waals surface area contributed by atoms with Crippen LogP contribution in [0, 0.1) is 16.9 Å². The molecule has 3 nitrogen and oxygen atoms in total. The molecule has 5 heteroatoms. The van der Waals surface area contributed by atoms with E-state index in [0.29, 0.717) is 11.8 Å². The second kappa shape index (κ2) is 14.2. The minimum atomic E-state index is -1.38. The van der Waals surface area contributed by atoms with Crippen molar-refractivity contribution in [3.63, 3.8) is 0 Å². The van der Waals surface area contributed by atoms with Crippen molar-refractivity contribution in [3.8, 4) is 11.3 Å². The molecule has 1 radical (unpaired) electrons. The molecule has 3 aromatic carbocycles. The van der Waals surface area contributed by atoms with Crippen LogP contribution in [0.3, 0.4) is 0 Å². The van der Waals surface area contributed by atoms with Gasteiger partial charge in [-0.25, -0.2) is 0 Å². The molecule has 0 aliphatic heterocycles. The third-order valence-corrected chi connectivity index (χ3v) is 9.90. The van der Waals surface area contributed by atoms with E-state index in [4.69, 9.17) is 4.98 Å². The summed E-state index contributed by atoms with van der Waals surface area (Å²) in [5, 5.41) is 16.2. The normalized spacial score (nSPS) is 12.8. The van der Waals surface area contributed by atoms with Crippen molar-refractivity contribution in [2.45, 2.75) is 101 Å². The molecule has 239 valence electrons. The van der Waals surface area contributed by atoms with Crippen LogP contribution in [0.25, 0.3) is 32.8 Å². The zero-order chi connectivity index (χ0) is 32.5. The standard InChI is InChI=1S/C28H32NSi.C11H20O2.Ir/c1-18(2)21-14-22(19(3)4)16-23(15-21)28-26-11-9-20-8-10-24(30(5,6)7)17-27(20)25(26)12-13-29-28;1-10(2,3)8(12)7-9(13)11(4,5)6;/h8-15,17-19H,1-7H3;7,12H,1-6H3;/q-1;;/b;8-7-;. The largest absolute Gasteiger partial charge is 0.512 e. The first kappa shape index (κ1) is 37.6. The Morgan fingerprint density at radius 2 is 1.43 bits per heavy atom. The molecule has 0 saturated carbocycles. The first-order chi connectivity index (χ1) is 19.7. The van der Waals surface area contributed by atoms with Crippen LogP contribution in [0.4, 0.5) is 0 Å². The van der Waals surface area contributed by atoms with E-state index < -0.39 is 13.5 Å². The Balaban J connectivity index is 0.000000412. The number of benzene rings is 3. The number of aromatic nitrogens is 1. The summed E-state index contributed by atoms with van der Waals surface area (Å²) in [6.07, 6.45) is 3.29. The summed E-state index contributed by atoms with van der Waals surface area (Å²) in [4.78, 5) is 16.3. The van der Waals surface area contributed by atoms with Gasteiger partial charge in [0, 0.05) is 43.2 Å². The zero-order valence-electron chi connectivity index (χ0n) is 29.1. The van der Waals surface area contributed by atoms with Crippen molar-refractivity contribution >= 4 is 40.6 Å². The Labute approximate surface area is 281 Å². The van der Waals surface area contributed by atoms with Crippen LogP contribution in [0.1, 0.15) is 92.2 Å². The van der Waals surface area contributed by atoms with E-state index in [1.54, 1.807) is 0 Å². The first-order valence-corrected chi connectivity index (χ1v) is 19.0. The Morgan fingerprint density at radius 1 is 0.818 bits per heavy atom. The first-order valence-electron chi connectivity index (χ1n) is 15.5. The smallest absolute Gasteiger partial charge is 0.164 e. The number of aliphatic hydroxyl groups is 1. The van der Waals surface area contributed by atoms with Crippen molar-refractivity contribution in [1.82, 2.24) is 4.98 Å². The number of allylic oxidation sites excluding steroid dienone is 2. The zero-order valence-corrected chi connectivity index (χ0v) is 32.5. The molecular formula is C39H52IrNO2Si-. The topological polar surface area (TPSA) is 50.2 Å². The van der Waals surface area contributed by atoms with E-state index in [9.17, 15) is 9.90 Å². The fraction of sp³-hybridized carbons (Fsp3) is 0.436. The molecule has 0 amide bonds. The molecular weight excluding hydrogens is 735 g/mol. The van der Waals surface area contributed by atoms with Gasteiger partial charge >= 0.3 is 0 Å². The van der Waals surface area contributed by atoms with Crippen LogP contribution in [-0.2, 0) is 24.9 Å². The second-order valence-electron chi connectivity index (χ2n) is 15.5. The number of hydrogen-bond acceptors (Lipinski definition) is 3. The van der Waals surface area contributed by atoms with Gasteiger partial charge in [0.2, 0.25) is 0 Å². The van der Waals surface area contributed by atoms with Gasteiger partial charge in [0.1, 0.15) is 5.76 Å². The van der Waals surface area contributed by atoms with Gasteiger partial charge in [-0.15, -0.1) is 34.9 Å². The van der Waals surface area contributed by atoms with Gasteiger partial charge in [0.25, 0.3) is 0 Å². The summed E-state index contributed by atoms with van der Waals surface area (Å²) in [7, 11) is -1.38. The van der Waals surface area contributed by atoms with Gasteiger partial charge in [0.05, 0.1) is 8.07 Å². The summed E-state index contributed by atoms with van der Waals surface area (Å²) >= 11 is 0. The van der Waals surface area contributed by atoms with Gasteiger partial charge in [0.15, 0.2) is 5.78 Å². The Hall–Kier alpha value is -2.59. The monoisotopic (exact) mass is 787 g/mol. The summed E-state index contributed by atoms with van der Waals surface area (Å²) in [6, 6.07) is 21.9. The van der Waals surface area contributed by atoms with E-state index in [0.717, 1.165) is 11.3 Å². The van der Waals surface area contributed by atoms with Crippen LogP contribution in [0.2, 0.25) is 19.6 Å². The minimum absolute atomic E-state index is 0. The molecule has 0 aliphatic rings. The van der Waals surface area contributed by atoms with Gasteiger partial charge in [-0.2, -0.15) is 0 Å².